The van der Waals surface area contributed by atoms with Gasteiger partial charge in [-0.15, -0.1) is 0 Å². The molecule has 0 amide bonds. The minimum absolute atomic E-state index is 0.210. The second-order valence-electron chi connectivity index (χ2n) is 4.55. The number of hydrazone groups is 1. The lowest BCUT2D eigenvalue weighted by Gasteiger charge is -2.07. The summed E-state index contributed by atoms with van der Waals surface area (Å²) in [6, 6.07) is 18.0. The monoisotopic (exact) mass is 290 g/mol. The number of pyridine rings is 2. The second-order valence-corrected chi connectivity index (χ2v) is 4.55. The first kappa shape index (κ1) is 13.8. The van der Waals surface area contributed by atoms with Crippen LogP contribution < -0.4 is 5.43 Å². The standard InChI is InChI=1S/C17H14N4O/c22-14-9-7-13(8-10-14)17(15-5-1-3-11-18-15)21-20-16-6-2-4-12-19-16/h1-12,22H,(H,19,20)/b21-17+. The molecule has 0 saturated carbocycles. The van der Waals surface area contributed by atoms with Crippen LogP contribution in [0.2, 0.25) is 0 Å². The van der Waals surface area contributed by atoms with Gasteiger partial charge in [-0.25, -0.2) is 4.98 Å². The van der Waals surface area contributed by atoms with Crippen LogP contribution in [-0.2, 0) is 0 Å². The van der Waals surface area contributed by atoms with Crippen LogP contribution >= 0.6 is 0 Å². The van der Waals surface area contributed by atoms with Crippen LogP contribution in [0.5, 0.6) is 5.75 Å². The van der Waals surface area contributed by atoms with Crippen LogP contribution in [0, 0.1) is 0 Å². The molecule has 0 unspecified atom stereocenters. The molecule has 1 aromatic carbocycles. The summed E-state index contributed by atoms with van der Waals surface area (Å²) in [5, 5.41) is 13.9. The van der Waals surface area contributed by atoms with Crippen LogP contribution in [0.15, 0.2) is 78.2 Å². The highest BCUT2D eigenvalue weighted by Crippen LogP contribution is 2.14. The number of phenols is 1. The van der Waals surface area contributed by atoms with Gasteiger partial charge in [0.2, 0.25) is 0 Å². The maximum atomic E-state index is 9.44. The SMILES string of the molecule is Oc1ccc(/C(=N\Nc2ccccn2)c2ccccn2)cc1. The van der Waals surface area contributed by atoms with E-state index in [4.69, 9.17) is 0 Å². The van der Waals surface area contributed by atoms with Crippen LogP contribution in [0.3, 0.4) is 0 Å². The molecule has 0 atom stereocenters. The number of nitrogens with zero attached hydrogens (tertiary/aromatic N) is 3. The lowest BCUT2D eigenvalue weighted by molar-refractivity contribution is 0.475. The average Bonchev–Trinajstić information content (AvgIpc) is 2.58. The Balaban J connectivity index is 1.98. The average molecular weight is 290 g/mol. The fraction of sp³-hybridized carbons (Fsp3) is 0. The number of phenolic OH excluding ortho intramolecular Hbond substituents is 1. The molecular weight excluding hydrogens is 276 g/mol. The molecule has 0 fully saturated rings. The van der Waals surface area contributed by atoms with Crippen molar-refractivity contribution in [1.82, 2.24) is 9.97 Å². The van der Waals surface area contributed by atoms with Crippen LogP contribution in [-0.4, -0.2) is 20.8 Å². The summed E-state index contributed by atoms with van der Waals surface area (Å²) in [6.45, 7) is 0. The van der Waals surface area contributed by atoms with Crippen molar-refractivity contribution in [2.75, 3.05) is 5.43 Å². The fourth-order valence-corrected chi connectivity index (χ4v) is 1.93. The Morgan fingerprint density at radius 2 is 1.59 bits per heavy atom. The molecule has 2 heterocycles. The van der Waals surface area contributed by atoms with E-state index in [1.54, 1.807) is 36.7 Å². The van der Waals surface area contributed by atoms with Crippen molar-refractivity contribution in [3.8, 4) is 5.75 Å². The van der Waals surface area contributed by atoms with Gasteiger partial charge in [0.1, 0.15) is 17.3 Å². The molecule has 0 aliphatic heterocycles. The molecule has 0 aliphatic rings. The highest BCUT2D eigenvalue weighted by atomic mass is 16.3. The Bertz CT molecular complexity index is 756. The predicted molar refractivity (Wildman–Crippen MR) is 85.8 cm³/mol. The lowest BCUT2D eigenvalue weighted by atomic mass is 10.1. The number of hydrogen-bond donors (Lipinski definition) is 2. The van der Waals surface area contributed by atoms with E-state index < -0.39 is 0 Å². The number of aromatic nitrogens is 2. The summed E-state index contributed by atoms with van der Waals surface area (Å²) >= 11 is 0. The molecule has 5 heteroatoms. The Morgan fingerprint density at radius 3 is 2.23 bits per heavy atom. The minimum Gasteiger partial charge on any atom is -0.508 e. The number of nitrogens with one attached hydrogen (secondary N) is 1. The highest BCUT2D eigenvalue weighted by molar-refractivity contribution is 6.11. The molecule has 3 rings (SSSR count). The van der Waals surface area contributed by atoms with E-state index in [0.717, 1.165) is 11.3 Å². The predicted octanol–water partition coefficient (Wildman–Crippen LogP) is 3.05. The lowest BCUT2D eigenvalue weighted by Crippen LogP contribution is -2.08. The third kappa shape index (κ3) is 3.27. The Hall–Kier alpha value is -3.21. The quantitative estimate of drug-likeness (QED) is 0.572. The number of anilines is 1. The van der Waals surface area contributed by atoms with Crippen molar-refractivity contribution in [3.05, 3.63) is 84.3 Å². The van der Waals surface area contributed by atoms with Gasteiger partial charge < -0.3 is 5.11 Å². The number of benzene rings is 1. The van der Waals surface area contributed by atoms with Crippen molar-refractivity contribution in [2.45, 2.75) is 0 Å². The van der Waals surface area contributed by atoms with Crippen molar-refractivity contribution >= 4 is 11.5 Å². The third-order valence-electron chi connectivity index (χ3n) is 3.00. The number of hydrogen-bond acceptors (Lipinski definition) is 5. The van der Waals surface area contributed by atoms with E-state index in [2.05, 4.69) is 20.5 Å². The Labute approximate surface area is 128 Å². The molecule has 108 valence electrons. The summed E-state index contributed by atoms with van der Waals surface area (Å²) in [7, 11) is 0. The number of aromatic hydroxyl groups is 1. The molecule has 2 N–H and O–H groups in total. The van der Waals surface area contributed by atoms with E-state index >= 15 is 0 Å². The van der Waals surface area contributed by atoms with E-state index in [9.17, 15) is 5.11 Å². The van der Waals surface area contributed by atoms with Gasteiger partial charge in [-0.3, -0.25) is 10.4 Å². The number of rotatable bonds is 4. The minimum atomic E-state index is 0.210. The van der Waals surface area contributed by atoms with Crippen molar-refractivity contribution in [3.63, 3.8) is 0 Å². The molecule has 0 bridgehead atoms. The summed E-state index contributed by atoms with van der Waals surface area (Å²) in [6.07, 6.45) is 3.41. The zero-order valence-corrected chi connectivity index (χ0v) is 11.7. The van der Waals surface area contributed by atoms with E-state index in [1.807, 2.05) is 36.4 Å². The van der Waals surface area contributed by atoms with Crippen molar-refractivity contribution in [1.29, 1.82) is 0 Å². The molecule has 5 nitrogen and oxygen atoms in total. The smallest absolute Gasteiger partial charge is 0.146 e. The molecule has 0 saturated heterocycles. The van der Waals surface area contributed by atoms with Crippen molar-refractivity contribution < 1.29 is 5.11 Å². The van der Waals surface area contributed by atoms with E-state index in [1.165, 1.54) is 0 Å². The summed E-state index contributed by atoms with van der Waals surface area (Å²) in [4.78, 5) is 8.51. The van der Waals surface area contributed by atoms with Crippen LogP contribution in [0.25, 0.3) is 0 Å². The second kappa shape index (κ2) is 6.49. The third-order valence-corrected chi connectivity index (χ3v) is 3.00. The summed E-state index contributed by atoms with van der Waals surface area (Å²) < 4.78 is 0. The van der Waals surface area contributed by atoms with E-state index in [0.29, 0.717) is 11.5 Å². The van der Waals surface area contributed by atoms with Crippen LogP contribution in [0.4, 0.5) is 5.82 Å². The van der Waals surface area contributed by atoms with Gasteiger partial charge in [0.15, 0.2) is 0 Å². The molecule has 0 radical (unpaired) electrons. The first-order valence-electron chi connectivity index (χ1n) is 6.78. The van der Waals surface area contributed by atoms with Gasteiger partial charge in [0.05, 0.1) is 5.69 Å². The van der Waals surface area contributed by atoms with Gasteiger partial charge in [0, 0.05) is 18.0 Å². The first-order chi connectivity index (χ1) is 10.8. The molecule has 0 aliphatic carbocycles. The van der Waals surface area contributed by atoms with Gasteiger partial charge in [0.25, 0.3) is 0 Å². The first-order valence-corrected chi connectivity index (χ1v) is 6.78. The normalized spacial score (nSPS) is 11.2. The molecule has 22 heavy (non-hydrogen) atoms. The summed E-state index contributed by atoms with van der Waals surface area (Å²) in [5.74, 6) is 0.858. The molecule has 3 aromatic rings. The topological polar surface area (TPSA) is 70.4 Å². The molecular formula is C17H14N4O. The summed E-state index contributed by atoms with van der Waals surface area (Å²) in [5.41, 5.74) is 5.18. The fourth-order valence-electron chi connectivity index (χ4n) is 1.93. The maximum absolute atomic E-state index is 9.44. The van der Waals surface area contributed by atoms with Crippen molar-refractivity contribution in [2.24, 2.45) is 5.10 Å². The zero-order valence-electron chi connectivity index (χ0n) is 11.7. The highest BCUT2D eigenvalue weighted by Gasteiger charge is 2.08. The van der Waals surface area contributed by atoms with E-state index in [-0.39, 0.29) is 5.75 Å². The molecule has 0 spiro atoms. The zero-order chi connectivity index (χ0) is 15.2. The maximum Gasteiger partial charge on any atom is 0.146 e. The largest absolute Gasteiger partial charge is 0.508 e. The Kier molecular flexibility index (Phi) is 4.06. The van der Waals surface area contributed by atoms with Crippen LogP contribution in [0.1, 0.15) is 11.3 Å². The Morgan fingerprint density at radius 1 is 0.864 bits per heavy atom. The van der Waals surface area contributed by atoms with Gasteiger partial charge in [-0.2, -0.15) is 5.10 Å². The molecule has 2 aromatic heterocycles. The van der Waals surface area contributed by atoms with Gasteiger partial charge in [-0.1, -0.05) is 12.1 Å². The van der Waals surface area contributed by atoms with Gasteiger partial charge in [-0.05, 0) is 48.5 Å². The van der Waals surface area contributed by atoms with Gasteiger partial charge >= 0.3 is 0 Å².